The van der Waals surface area contributed by atoms with Crippen molar-refractivity contribution in [1.29, 1.82) is 0 Å². The fraction of sp³-hybridized carbons (Fsp3) is 0.100. The van der Waals surface area contributed by atoms with Crippen molar-refractivity contribution in [1.82, 2.24) is 9.97 Å². The van der Waals surface area contributed by atoms with Crippen LogP contribution in [-0.4, -0.2) is 27.9 Å². The van der Waals surface area contributed by atoms with Gasteiger partial charge in [0.15, 0.2) is 23.5 Å². The van der Waals surface area contributed by atoms with E-state index in [-0.39, 0.29) is 23.1 Å². The van der Waals surface area contributed by atoms with Crippen LogP contribution in [0.4, 0.5) is 4.39 Å². The Kier molecular flexibility index (Phi) is 6.12. The molecular formula is C20H16ClFN4O4. The molecule has 0 radical (unpaired) electrons. The number of amides is 2. The van der Waals surface area contributed by atoms with E-state index in [1.54, 1.807) is 24.3 Å². The number of benzene rings is 2. The number of hydrogen-bond donors (Lipinski definition) is 2. The van der Waals surface area contributed by atoms with E-state index < -0.39 is 23.7 Å². The lowest BCUT2D eigenvalue weighted by Gasteiger charge is -2.12. The van der Waals surface area contributed by atoms with Gasteiger partial charge in [-0.25, -0.2) is 9.37 Å². The summed E-state index contributed by atoms with van der Waals surface area (Å²) in [6.07, 6.45) is -0.975. The molecule has 10 heteroatoms. The third-order valence-electron chi connectivity index (χ3n) is 3.89. The summed E-state index contributed by atoms with van der Waals surface area (Å²) in [5.41, 5.74) is 10.9. The van der Waals surface area contributed by atoms with E-state index in [0.29, 0.717) is 16.3 Å². The molecule has 154 valence electrons. The van der Waals surface area contributed by atoms with Crippen molar-refractivity contribution < 1.29 is 23.5 Å². The second kappa shape index (κ2) is 8.75. The molecule has 3 aromatic rings. The molecule has 0 aliphatic rings. The normalized spacial score (nSPS) is 11.6. The first kappa shape index (κ1) is 21.0. The molecule has 30 heavy (non-hydrogen) atoms. The van der Waals surface area contributed by atoms with E-state index in [0.717, 1.165) is 0 Å². The standard InChI is InChI=1S/C20H16ClFN4O4/c1-10(18(23)27)29-17-9-15(19(24)28)25-20(26-17)11-2-5-13(6-3-11)30-16-8-12(21)4-7-14(16)22/h2-10H,1H3,(H2,23,27)(H2,24,28). The minimum Gasteiger partial charge on any atom is -0.464 e. The van der Waals surface area contributed by atoms with Gasteiger partial charge in [-0.15, -0.1) is 0 Å². The van der Waals surface area contributed by atoms with Crippen LogP contribution in [0.15, 0.2) is 48.5 Å². The zero-order chi connectivity index (χ0) is 21.8. The first-order chi connectivity index (χ1) is 14.2. The first-order valence-electron chi connectivity index (χ1n) is 8.61. The first-order valence-corrected chi connectivity index (χ1v) is 8.99. The molecule has 0 fully saturated rings. The molecule has 0 spiro atoms. The Hall–Kier alpha value is -3.72. The highest BCUT2D eigenvalue weighted by molar-refractivity contribution is 6.30. The van der Waals surface area contributed by atoms with E-state index in [4.69, 9.17) is 32.5 Å². The number of ether oxygens (including phenoxy) is 2. The lowest BCUT2D eigenvalue weighted by atomic mass is 10.2. The topological polar surface area (TPSA) is 130 Å². The van der Waals surface area contributed by atoms with Gasteiger partial charge in [0.2, 0.25) is 5.88 Å². The van der Waals surface area contributed by atoms with E-state index in [1.165, 1.54) is 31.2 Å². The third kappa shape index (κ3) is 5.00. The van der Waals surface area contributed by atoms with Crippen LogP contribution < -0.4 is 20.9 Å². The van der Waals surface area contributed by atoms with Crippen LogP contribution in [0, 0.1) is 5.82 Å². The summed E-state index contributed by atoms with van der Waals surface area (Å²) in [4.78, 5) is 31.1. The SMILES string of the molecule is CC(Oc1cc(C(N)=O)nc(-c2ccc(Oc3cc(Cl)ccc3F)cc2)n1)C(N)=O. The summed E-state index contributed by atoms with van der Waals surface area (Å²) in [6.45, 7) is 1.44. The molecule has 1 unspecified atom stereocenters. The second-order valence-corrected chi connectivity index (χ2v) is 6.58. The van der Waals surface area contributed by atoms with Crippen molar-refractivity contribution in [3.63, 3.8) is 0 Å². The van der Waals surface area contributed by atoms with Gasteiger partial charge in [0, 0.05) is 22.7 Å². The van der Waals surface area contributed by atoms with Gasteiger partial charge < -0.3 is 20.9 Å². The molecule has 1 heterocycles. The number of nitrogens with zero attached hydrogens (tertiary/aromatic N) is 2. The van der Waals surface area contributed by atoms with E-state index in [9.17, 15) is 14.0 Å². The van der Waals surface area contributed by atoms with Gasteiger partial charge in [-0.05, 0) is 43.3 Å². The molecule has 0 bridgehead atoms. The molecular weight excluding hydrogens is 415 g/mol. The fourth-order valence-corrected chi connectivity index (χ4v) is 2.50. The molecule has 0 aliphatic heterocycles. The quantitative estimate of drug-likeness (QED) is 0.592. The third-order valence-corrected chi connectivity index (χ3v) is 4.12. The average Bonchev–Trinajstić information content (AvgIpc) is 2.71. The Morgan fingerprint density at radius 2 is 1.77 bits per heavy atom. The highest BCUT2D eigenvalue weighted by Gasteiger charge is 2.16. The minimum absolute atomic E-state index is 0.0293. The van der Waals surface area contributed by atoms with Crippen molar-refractivity contribution >= 4 is 23.4 Å². The van der Waals surface area contributed by atoms with Crippen molar-refractivity contribution in [2.75, 3.05) is 0 Å². The van der Waals surface area contributed by atoms with Gasteiger partial charge in [0.1, 0.15) is 11.4 Å². The highest BCUT2D eigenvalue weighted by Crippen LogP contribution is 2.29. The van der Waals surface area contributed by atoms with Gasteiger partial charge in [-0.3, -0.25) is 9.59 Å². The number of nitrogens with two attached hydrogens (primary N) is 2. The molecule has 0 aliphatic carbocycles. The lowest BCUT2D eigenvalue weighted by molar-refractivity contribution is -0.124. The monoisotopic (exact) mass is 430 g/mol. The van der Waals surface area contributed by atoms with Gasteiger partial charge in [-0.2, -0.15) is 4.98 Å². The molecule has 2 amide bonds. The summed E-state index contributed by atoms with van der Waals surface area (Å²) in [7, 11) is 0. The molecule has 3 rings (SSSR count). The molecule has 4 N–H and O–H groups in total. The zero-order valence-corrected chi connectivity index (χ0v) is 16.4. The predicted octanol–water partition coefficient (Wildman–Crippen LogP) is 3.08. The van der Waals surface area contributed by atoms with Gasteiger partial charge in [0.05, 0.1) is 0 Å². The van der Waals surface area contributed by atoms with Gasteiger partial charge >= 0.3 is 0 Å². The summed E-state index contributed by atoms with van der Waals surface area (Å²) in [6, 6.07) is 11.5. The molecule has 0 saturated heterocycles. The highest BCUT2D eigenvalue weighted by atomic mass is 35.5. The Morgan fingerprint density at radius 3 is 2.40 bits per heavy atom. The molecule has 0 saturated carbocycles. The van der Waals surface area contributed by atoms with Crippen LogP contribution in [0.2, 0.25) is 5.02 Å². The van der Waals surface area contributed by atoms with Crippen LogP contribution in [0.25, 0.3) is 11.4 Å². The Bertz CT molecular complexity index is 1110. The Morgan fingerprint density at radius 1 is 1.07 bits per heavy atom. The van der Waals surface area contributed by atoms with Crippen LogP contribution in [0.5, 0.6) is 17.4 Å². The number of hydrogen-bond acceptors (Lipinski definition) is 6. The number of aromatic nitrogens is 2. The summed E-state index contributed by atoms with van der Waals surface area (Å²) in [5.74, 6) is -1.67. The molecule has 8 nitrogen and oxygen atoms in total. The molecule has 1 atom stereocenters. The average molecular weight is 431 g/mol. The van der Waals surface area contributed by atoms with Crippen LogP contribution >= 0.6 is 11.6 Å². The maximum Gasteiger partial charge on any atom is 0.267 e. The number of primary amides is 2. The van der Waals surface area contributed by atoms with Gasteiger partial charge in [-0.1, -0.05) is 11.6 Å². The smallest absolute Gasteiger partial charge is 0.267 e. The van der Waals surface area contributed by atoms with Crippen LogP contribution in [0.1, 0.15) is 17.4 Å². The number of rotatable bonds is 7. The second-order valence-electron chi connectivity index (χ2n) is 6.14. The van der Waals surface area contributed by atoms with Crippen molar-refractivity contribution in [2.45, 2.75) is 13.0 Å². The largest absolute Gasteiger partial charge is 0.464 e. The lowest BCUT2D eigenvalue weighted by Crippen LogP contribution is -2.31. The van der Waals surface area contributed by atoms with E-state index >= 15 is 0 Å². The maximum atomic E-state index is 13.8. The van der Waals surface area contributed by atoms with Crippen molar-refractivity contribution in [2.24, 2.45) is 11.5 Å². The summed E-state index contributed by atoms with van der Waals surface area (Å²) >= 11 is 5.86. The predicted molar refractivity (Wildman–Crippen MR) is 107 cm³/mol. The Labute approximate surface area is 175 Å². The number of carbonyl (C=O) groups is 2. The summed E-state index contributed by atoms with van der Waals surface area (Å²) < 4.78 is 24.7. The van der Waals surface area contributed by atoms with Gasteiger partial charge in [0.25, 0.3) is 11.8 Å². The van der Waals surface area contributed by atoms with Crippen LogP contribution in [0.3, 0.4) is 0 Å². The number of carbonyl (C=O) groups excluding carboxylic acids is 2. The van der Waals surface area contributed by atoms with Crippen LogP contribution in [-0.2, 0) is 4.79 Å². The fourth-order valence-electron chi connectivity index (χ4n) is 2.33. The number of halogens is 2. The Balaban J connectivity index is 1.89. The maximum absolute atomic E-state index is 13.8. The zero-order valence-electron chi connectivity index (χ0n) is 15.6. The molecule has 2 aromatic carbocycles. The van der Waals surface area contributed by atoms with E-state index in [1.807, 2.05) is 0 Å². The minimum atomic E-state index is -0.975. The van der Waals surface area contributed by atoms with Crippen molar-refractivity contribution in [3.8, 4) is 28.8 Å². The van der Waals surface area contributed by atoms with Crippen molar-refractivity contribution in [3.05, 3.63) is 65.1 Å². The summed E-state index contributed by atoms with van der Waals surface area (Å²) in [5, 5.41) is 0.331. The molecule has 1 aromatic heterocycles. The van der Waals surface area contributed by atoms with E-state index in [2.05, 4.69) is 9.97 Å².